The fourth-order valence-corrected chi connectivity index (χ4v) is 2.47. The van der Waals surface area contributed by atoms with Gasteiger partial charge in [-0.15, -0.1) is 0 Å². The van der Waals surface area contributed by atoms with Crippen LogP contribution in [0.4, 0.5) is 21.0 Å². The Morgan fingerprint density at radius 1 is 0.957 bits per heavy atom. The summed E-state index contributed by atoms with van der Waals surface area (Å²) >= 11 is 0. The summed E-state index contributed by atoms with van der Waals surface area (Å²) in [6.45, 7) is 4.00. The van der Waals surface area contributed by atoms with E-state index in [0.29, 0.717) is 11.4 Å². The van der Waals surface area contributed by atoms with E-state index >= 15 is 0 Å². The fourth-order valence-electron chi connectivity index (χ4n) is 2.47. The Morgan fingerprint density at radius 3 is 2.09 bits per heavy atom. The molecule has 0 aliphatic heterocycles. The molecule has 0 atom stereocenters. The van der Waals surface area contributed by atoms with Crippen molar-refractivity contribution < 1.29 is 9.59 Å². The first-order chi connectivity index (χ1) is 11.2. The smallest absolute Gasteiger partial charge is 0.319 e. The van der Waals surface area contributed by atoms with Gasteiger partial charge >= 0.3 is 12.1 Å². The van der Waals surface area contributed by atoms with Crippen LogP contribution in [-0.2, 0) is 0 Å². The zero-order chi connectivity index (χ0) is 17.1. The van der Waals surface area contributed by atoms with Crippen LogP contribution in [0.1, 0.15) is 46.0 Å². The molecule has 0 bridgehead atoms. The van der Waals surface area contributed by atoms with E-state index in [1.807, 2.05) is 13.8 Å². The Bertz CT molecular complexity index is 499. The van der Waals surface area contributed by atoms with Crippen LogP contribution in [0.5, 0.6) is 0 Å². The van der Waals surface area contributed by atoms with Crippen LogP contribution in [-0.4, -0.2) is 25.2 Å². The van der Waals surface area contributed by atoms with Gasteiger partial charge in [-0.2, -0.15) is 0 Å². The van der Waals surface area contributed by atoms with Gasteiger partial charge < -0.3 is 21.3 Å². The lowest BCUT2D eigenvalue weighted by Crippen LogP contribution is -2.39. The quantitative estimate of drug-likeness (QED) is 0.681. The van der Waals surface area contributed by atoms with Crippen LogP contribution in [0.15, 0.2) is 24.3 Å². The number of carbonyl (C=O) groups is 2. The molecular weight excluding hydrogens is 292 g/mol. The predicted molar refractivity (Wildman–Crippen MR) is 94.9 cm³/mol. The molecular formula is C17H28N4O2. The highest BCUT2D eigenvalue weighted by Gasteiger charge is 2.15. The molecule has 6 heteroatoms. The third-order valence-electron chi connectivity index (χ3n) is 3.55. The van der Waals surface area contributed by atoms with Gasteiger partial charge in [-0.3, -0.25) is 0 Å². The normalized spacial score (nSPS) is 14.0. The maximum Gasteiger partial charge on any atom is 0.319 e. The molecule has 0 saturated heterocycles. The van der Waals surface area contributed by atoms with Gasteiger partial charge in [0, 0.05) is 24.5 Å². The number of hydrogen-bond donors (Lipinski definition) is 4. The van der Waals surface area contributed by atoms with Gasteiger partial charge in [0.15, 0.2) is 0 Å². The van der Waals surface area contributed by atoms with Crippen molar-refractivity contribution in [2.45, 2.75) is 52.0 Å². The third kappa shape index (κ3) is 7.04. The van der Waals surface area contributed by atoms with Crippen molar-refractivity contribution in [1.29, 1.82) is 0 Å². The van der Waals surface area contributed by atoms with Gasteiger partial charge in [0.25, 0.3) is 0 Å². The lowest BCUT2D eigenvalue weighted by Gasteiger charge is -2.22. The molecule has 0 aromatic heterocycles. The topological polar surface area (TPSA) is 82.3 Å². The van der Waals surface area contributed by atoms with Crippen molar-refractivity contribution in [2.24, 2.45) is 0 Å². The van der Waals surface area contributed by atoms with E-state index in [9.17, 15) is 9.59 Å². The minimum absolute atomic E-state index is 0.195. The molecule has 1 aromatic carbocycles. The summed E-state index contributed by atoms with van der Waals surface area (Å²) in [4.78, 5) is 23.2. The summed E-state index contributed by atoms with van der Waals surface area (Å²) < 4.78 is 0. The summed E-state index contributed by atoms with van der Waals surface area (Å²) in [7, 11) is 1.55. The highest BCUT2D eigenvalue weighted by Crippen LogP contribution is 2.18. The minimum Gasteiger partial charge on any atom is -0.341 e. The summed E-state index contributed by atoms with van der Waals surface area (Å²) in [5.74, 6) is 0. The molecule has 0 heterocycles. The van der Waals surface area contributed by atoms with E-state index in [0.717, 1.165) is 12.8 Å². The van der Waals surface area contributed by atoms with E-state index in [2.05, 4.69) is 21.3 Å². The van der Waals surface area contributed by atoms with Crippen LogP contribution >= 0.6 is 0 Å². The van der Waals surface area contributed by atoms with Gasteiger partial charge in [-0.25, -0.2) is 9.59 Å². The molecule has 1 saturated carbocycles. The molecule has 1 fully saturated rings. The molecule has 4 amide bonds. The maximum atomic E-state index is 11.9. The average Bonchev–Trinajstić information content (AvgIpc) is 2.57. The zero-order valence-corrected chi connectivity index (χ0v) is 14.2. The number of amides is 4. The molecule has 2 rings (SSSR count). The van der Waals surface area contributed by atoms with Crippen molar-refractivity contribution >= 4 is 23.4 Å². The molecule has 1 aliphatic carbocycles. The van der Waals surface area contributed by atoms with Crippen molar-refractivity contribution in [3.05, 3.63) is 24.3 Å². The molecule has 6 nitrogen and oxygen atoms in total. The molecule has 0 unspecified atom stereocenters. The number of nitrogens with one attached hydrogen (secondary N) is 4. The molecule has 1 aromatic rings. The second-order valence-corrected chi connectivity index (χ2v) is 5.22. The maximum absolute atomic E-state index is 11.9. The Hall–Kier alpha value is -2.24. The van der Waals surface area contributed by atoms with Crippen LogP contribution in [0.3, 0.4) is 0 Å². The van der Waals surface area contributed by atoms with Gasteiger partial charge in [0.2, 0.25) is 0 Å². The number of benzene rings is 1. The Labute approximate surface area is 138 Å². The monoisotopic (exact) mass is 320 g/mol. The van der Waals surface area contributed by atoms with Crippen LogP contribution < -0.4 is 21.3 Å². The fraction of sp³-hybridized carbons (Fsp3) is 0.529. The van der Waals surface area contributed by atoms with Crippen molar-refractivity contribution in [2.75, 3.05) is 17.7 Å². The van der Waals surface area contributed by atoms with Crippen molar-refractivity contribution in [3.63, 3.8) is 0 Å². The van der Waals surface area contributed by atoms with Gasteiger partial charge in [-0.05, 0) is 31.0 Å². The first kappa shape index (κ1) is 18.8. The highest BCUT2D eigenvalue weighted by molar-refractivity contribution is 5.92. The Morgan fingerprint density at radius 2 is 1.52 bits per heavy atom. The molecule has 0 spiro atoms. The van der Waals surface area contributed by atoms with E-state index in [1.54, 1.807) is 31.3 Å². The van der Waals surface area contributed by atoms with Crippen molar-refractivity contribution in [3.8, 4) is 0 Å². The summed E-state index contributed by atoms with van der Waals surface area (Å²) in [6.07, 6.45) is 5.71. The lowest BCUT2D eigenvalue weighted by molar-refractivity contribution is 0.244. The summed E-state index contributed by atoms with van der Waals surface area (Å²) in [6, 6.07) is 6.83. The molecule has 128 valence electrons. The highest BCUT2D eigenvalue weighted by atomic mass is 16.2. The molecule has 1 aliphatic rings. The average molecular weight is 320 g/mol. The molecule has 23 heavy (non-hydrogen) atoms. The number of anilines is 2. The van der Waals surface area contributed by atoms with Crippen LogP contribution in [0.2, 0.25) is 0 Å². The lowest BCUT2D eigenvalue weighted by atomic mass is 9.96. The van der Waals surface area contributed by atoms with E-state index in [-0.39, 0.29) is 18.1 Å². The van der Waals surface area contributed by atoms with E-state index < -0.39 is 0 Å². The van der Waals surface area contributed by atoms with Gasteiger partial charge in [-0.1, -0.05) is 39.2 Å². The third-order valence-corrected chi connectivity index (χ3v) is 3.55. The number of hydrogen-bond acceptors (Lipinski definition) is 2. The zero-order valence-electron chi connectivity index (χ0n) is 14.2. The second kappa shape index (κ2) is 10.5. The van der Waals surface area contributed by atoms with Gasteiger partial charge in [0.1, 0.15) is 0 Å². The van der Waals surface area contributed by atoms with Crippen LogP contribution in [0.25, 0.3) is 0 Å². The summed E-state index contributed by atoms with van der Waals surface area (Å²) in [5, 5.41) is 10.9. The molecule has 4 N–H and O–H groups in total. The minimum atomic E-state index is -0.293. The Kier molecular flexibility index (Phi) is 8.57. The SMILES string of the molecule is CC.CNC(=O)Nc1cccc(NC(=O)NC2CCCCC2)c1. The Balaban J connectivity index is 0.00000127. The first-order valence-electron chi connectivity index (χ1n) is 8.33. The van der Waals surface area contributed by atoms with Gasteiger partial charge in [0.05, 0.1) is 0 Å². The predicted octanol–water partition coefficient (Wildman–Crippen LogP) is 3.92. The van der Waals surface area contributed by atoms with E-state index in [4.69, 9.17) is 0 Å². The van der Waals surface area contributed by atoms with Crippen LogP contribution in [0, 0.1) is 0 Å². The van der Waals surface area contributed by atoms with Crippen molar-refractivity contribution in [1.82, 2.24) is 10.6 Å². The first-order valence-corrected chi connectivity index (χ1v) is 8.33. The number of rotatable bonds is 3. The molecule has 0 radical (unpaired) electrons. The standard InChI is InChI=1S/C15H22N4O2.C2H6/c1-16-14(20)18-12-8-5-9-13(10-12)19-15(21)17-11-6-3-2-4-7-11;1-2/h5,8-11H,2-4,6-7H2,1H3,(H2,16,18,20)(H2,17,19,21);1-2H3. The summed E-state index contributed by atoms with van der Waals surface area (Å²) in [5.41, 5.74) is 1.28. The number of carbonyl (C=O) groups excluding carboxylic acids is 2. The largest absolute Gasteiger partial charge is 0.341 e. The number of urea groups is 2. The second-order valence-electron chi connectivity index (χ2n) is 5.22. The van der Waals surface area contributed by atoms with E-state index in [1.165, 1.54) is 19.3 Å².